The molecule has 0 aliphatic carbocycles. The second kappa shape index (κ2) is 15.7. The Hall–Kier alpha value is -7.98. The van der Waals surface area contributed by atoms with E-state index in [0.29, 0.717) is 0 Å². The molecule has 0 aliphatic heterocycles. The number of furan rings is 1. The molecule has 10 aromatic carbocycles. The van der Waals surface area contributed by atoms with E-state index >= 15 is 0 Å². The van der Waals surface area contributed by atoms with Gasteiger partial charge in [0, 0.05) is 48.0 Å². The maximum atomic E-state index is 6.14. The van der Waals surface area contributed by atoms with Crippen LogP contribution in [0.4, 0.5) is 17.1 Å². The van der Waals surface area contributed by atoms with Crippen LogP contribution in [0.25, 0.3) is 64.4 Å². The first-order valence-electron chi connectivity index (χ1n) is 21.8. The zero-order valence-corrected chi connectivity index (χ0v) is 35.8. The molecule has 0 unspecified atom stereocenters. The molecule has 0 aliphatic rings. The van der Waals surface area contributed by atoms with E-state index in [9.17, 15) is 0 Å². The lowest BCUT2D eigenvalue weighted by Gasteiger charge is -2.37. The molecule has 2 aromatic heterocycles. The average Bonchev–Trinajstić information content (AvgIpc) is 3.94. The van der Waals surface area contributed by atoms with Crippen molar-refractivity contribution in [1.82, 2.24) is 0 Å². The third-order valence-corrected chi connectivity index (χ3v) is 14.0. The molecule has 0 atom stereocenters. The van der Waals surface area contributed by atoms with Gasteiger partial charge in [0.25, 0.3) is 0 Å². The molecule has 0 radical (unpaired) electrons. The lowest BCUT2D eigenvalue weighted by atomic mass is 9.65. The third kappa shape index (κ3) is 6.40. The molecule has 2 heterocycles. The third-order valence-electron chi connectivity index (χ3n) is 12.9. The Morgan fingerprint density at radius 1 is 0.297 bits per heavy atom. The van der Waals surface area contributed by atoms with Crippen molar-refractivity contribution in [1.29, 1.82) is 0 Å². The SMILES string of the molecule is c1ccc(C(c2ccccc2)(c2ccccc2)c2ccc(-c3ccc(N(c4ccc(-c5ccc6oc7ccccc7c6c5)cc4)c4ccc5sc6ccccc6c5c4)cc3)cc2)cc1. The molecule has 302 valence electrons. The predicted octanol–water partition coefficient (Wildman–Crippen LogP) is 17.1. The topological polar surface area (TPSA) is 16.4 Å². The molecular weight excluding hydrogens is 795 g/mol. The van der Waals surface area contributed by atoms with Gasteiger partial charge in [0.15, 0.2) is 0 Å². The van der Waals surface area contributed by atoms with Gasteiger partial charge in [-0.2, -0.15) is 0 Å². The van der Waals surface area contributed by atoms with Crippen LogP contribution in [0.15, 0.2) is 253 Å². The molecule has 0 fully saturated rings. The minimum absolute atomic E-state index is 0.489. The Bertz CT molecular complexity index is 3480. The molecule has 0 saturated heterocycles. The Kier molecular flexibility index (Phi) is 9.28. The minimum Gasteiger partial charge on any atom is -0.456 e. The summed E-state index contributed by atoms with van der Waals surface area (Å²) in [5.41, 5.74) is 14.2. The monoisotopic (exact) mass is 835 g/mol. The molecule has 0 amide bonds. The van der Waals surface area contributed by atoms with E-state index in [1.54, 1.807) is 0 Å². The van der Waals surface area contributed by atoms with Crippen LogP contribution in [0.3, 0.4) is 0 Å². The number of hydrogen-bond acceptors (Lipinski definition) is 3. The molecule has 0 bridgehead atoms. The van der Waals surface area contributed by atoms with Gasteiger partial charge in [-0.05, 0) is 111 Å². The zero-order chi connectivity index (χ0) is 42.5. The van der Waals surface area contributed by atoms with Crippen molar-refractivity contribution in [3.8, 4) is 22.3 Å². The number of nitrogens with zero attached hydrogens (tertiary/aromatic N) is 1. The first-order valence-corrected chi connectivity index (χ1v) is 22.6. The highest BCUT2D eigenvalue weighted by Gasteiger charge is 2.38. The maximum Gasteiger partial charge on any atom is 0.135 e. The van der Waals surface area contributed by atoms with Crippen molar-refractivity contribution < 1.29 is 4.42 Å². The van der Waals surface area contributed by atoms with E-state index in [1.807, 2.05) is 23.5 Å². The Labute approximate surface area is 376 Å². The van der Waals surface area contributed by atoms with Crippen molar-refractivity contribution in [2.24, 2.45) is 0 Å². The van der Waals surface area contributed by atoms with E-state index < -0.39 is 5.41 Å². The summed E-state index contributed by atoms with van der Waals surface area (Å²) in [7, 11) is 0. The lowest BCUT2D eigenvalue weighted by molar-refractivity contribution is 0.669. The van der Waals surface area contributed by atoms with Crippen LogP contribution in [0.1, 0.15) is 22.3 Å². The number of para-hydroxylation sites is 1. The maximum absolute atomic E-state index is 6.14. The molecule has 0 saturated carbocycles. The molecule has 2 nitrogen and oxygen atoms in total. The fraction of sp³-hybridized carbons (Fsp3) is 0.0164. The van der Waals surface area contributed by atoms with Crippen LogP contribution in [-0.2, 0) is 5.41 Å². The molecule has 12 rings (SSSR count). The van der Waals surface area contributed by atoms with Gasteiger partial charge in [0.1, 0.15) is 11.2 Å². The molecular formula is C61H41NOS. The summed E-state index contributed by atoms with van der Waals surface area (Å²) < 4.78 is 8.73. The highest BCUT2D eigenvalue weighted by Crippen LogP contribution is 2.46. The van der Waals surface area contributed by atoms with Crippen molar-refractivity contribution in [2.75, 3.05) is 4.90 Å². The van der Waals surface area contributed by atoms with Crippen LogP contribution in [-0.4, -0.2) is 0 Å². The van der Waals surface area contributed by atoms with E-state index in [4.69, 9.17) is 4.42 Å². The number of rotatable bonds is 9. The summed E-state index contributed by atoms with van der Waals surface area (Å²) in [6, 6.07) is 90.3. The van der Waals surface area contributed by atoms with Crippen molar-refractivity contribution in [3.63, 3.8) is 0 Å². The van der Waals surface area contributed by atoms with Gasteiger partial charge in [-0.25, -0.2) is 0 Å². The normalized spacial score (nSPS) is 11.8. The van der Waals surface area contributed by atoms with Crippen LogP contribution in [0, 0.1) is 0 Å². The Balaban J connectivity index is 0.929. The summed E-state index contributed by atoms with van der Waals surface area (Å²) in [6.45, 7) is 0. The smallest absolute Gasteiger partial charge is 0.135 e. The molecule has 0 N–H and O–H groups in total. The number of fused-ring (bicyclic) bond motifs is 6. The van der Waals surface area contributed by atoms with Gasteiger partial charge in [-0.15, -0.1) is 11.3 Å². The van der Waals surface area contributed by atoms with Crippen molar-refractivity contribution in [3.05, 3.63) is 271 Å². The number of hydrogen-bond donors (Lipinski definition) is 0. The number of benzene rings is 10. The van der Waals surface area contributed by atoms with Crippen LogP contribution in [0.2, 0.25) is 0 Å². The highest BCUT2D eigenvalue weighted by atomic mass is 32.1. The second-order valence-corrected chi connectivity index (χ2v) is 17.5. The van der Waals surface area contributed by atoms with Crippen molar-refractivity contribution >= 4 is 70.5 Å². The molecule has 12 aromatic rings. The number of thiophene rings is 1. The predicted molar refractivity (Wildman–Crippen MR) is 270 cm³/mol. The molecule has 3 heteroatoms. The quantitative estimate of drug-likeness (QED) is 0.135. The standard InChI is InChI=1S/C61H41NOS/c1-4-14-46(15-5-1)61(47-16-6-2-7-17-47,48-18-8-3-9-19-48)49-31-24-42(25-32-49)43-26-33-50(34-27-43)62(52-37-39-60-56(41-52)54-21-11-13-23-59(54)64-60)51-35-28-44(29-36-51)45-30-38-58-55(40-45)53-20-10-12-22-57(53)63-58/h1-41H. The minimum atomic E-state index is -0.489. The fourth-order valence-electron chi connectivity index (χ4n) is 9.79. The zero-order valence-electron chi connectivity index (χ0n) is 34.9. The Morgan fingerprint density at radius 2 is 0.734 bits per heavy atom. The first-order chi connectivity index (χ1) is 31.7. The van der Waals surface area contributed by atoms with Gasteiger partial charge < -0.3 is 9.32 Å². The summed E-state index contributed by atoms with van der Waals surface area (Å²) in [5.74, 6) is 0. The van der Waals surface area contributed by atoms with Crippen molar-refractivity contribution in [2.45, 2.75) is 5.41 Å². The van der Waals surface area contributed by atoms with E-state index in [2.05, 4.69) is 241 Å². The second-order valence-electron chi connectivity index (χ2n) is 16.4. The van der Waals surface area contributed by atoms with Gasteiger partial charge in [-0.3, -0.25) is 0 Å². The van der Waals surface area contributed by atoms with Gasteiger partial charge in [0.05, 0.1) is 5.41 Å². The average molecular weight is 836 g/mol. The van der Waals surface area contributed by atoms with E-state index in [-0.39, 0.29) is 0 Å². The van der Waals surface area contributed by atoms with Crippen LogP contribution < -0.4 is 4.90 Å². The van der Waals surface area contributed by atoms with Gasteiger partial charge in [0.2, 0.25) is 0 Å². The van der Waals surface area contributed by atoms with E-state index in [1.165, 1.54) is 48.0 Å². The Morgan fingerprint density at radius 3 is 1.34 bits per heavy atom. The van der Waals surface area contributed by atoms with Gasteiger partial charge in [-0.1, -0.05) is 182 Å². The first kappa shape index (κ1) is 37.8. The summed E-state index contributed by atoms with van der Waals surface area (Å²) in [4.78, 5) is 2.38. The highest BCUT2D eigenvalue weighted by molar-refractivity contribution is 7.25. The lowest BCUT2D eigenvalue weighted by Crippen LogP contribution is -2.30. The van der Waals surface area contributed by atoms with Gasteiger partial charge >= 0.3 is 0 Å². The molecule has 64 heavy (non-hydrogen) atoms. The van der Waals surface area contributed by atoms with E-state index in [0.717, 1.165) is 55.7 Å². The summed E-state index contributed by atoms with van der Waals surface area (Å²) >= 11 is 1.85. The summed E-state index contributed by atoms with van der Waals surface area (Å²) in [5, 5.41) is 4.83. The van der Waals surface area contributed by atoms with Crippen LogP contribution in [0.5, 0.6) is 0 Å². The van der Waals surface area contributed by atoms with Crippen LogP contribution >= 0.6 is 11.3 Å². The fourth-order valence-corrected chi connectivity index (χ4v) is 10.9. The number of anilines is 3. The summed E-state index contributed by atoms with van der Waals surface area (Å²) in [6.07, 6.45) is 0. The largest absolute Gasteiger partial charge is 0.456 e. The molecule has 0 spiro atoms.